The van der Waals surface area contributed by atoms with E-state index in [2.05, 4.69) is 0 Å². The number of esters is 1. The first-order chi connectivity index (χ1) is 12.9. The van der Waals surface area contributed by atoms with Crippen LogP contribution in [0.15, 0.2) is 48.5 Å². The molecule has 7 nitrogen and oxygen atoms in total. The Hall–Kier alpha value is -3.87. The van der Waals surface area contributed by atoms with Crippen molar-refractivity contribution in [3.05, 3.63) is 70.8 Å². The van der Waals surface area contributed by atoms with Crippen molar-refractivity contribution in [3.63, 3.8) is 0 Å². The molecule has 27 heavy (non-hydrogen) atoms. The van der Waals surface area contributed by atoms with Crippen LogP contribution in [0.2, 0.25) is 0 Å². The molecule has 2 aliphatic rings. The highest BCUT2D eigenvalue weighted by molar-refractivity contribution is 6.00. The van der Waals surface area contributed by atoms with Crippen LogP contribution < -0.4 is 16.2 Å². The number of anilines is 2. The summed E-state index contributed by atoms with van der Waals surface area (Å²) >= 11 is 0. The van der Waals surface area contributed by atoms with Crippen molar-refractivity contribution in [2.45, 2.75) is 5.60 Å². The maximum atomic E-state index is 12.7. The Morgan fingerprint density at radius 3 is 2.04 bits per heavy atom. The van der Waals surface area contributed by atoms with Gasteiger partial charge in [0.05, 0.1) is 16.9 Å². The highest BCUT2D eigenvalue weighted by Crippen LogP contribution is 2.58. The standard InChI is InChI=1S/C20H14N2O5/c21-14-6-3-11-17(18(14)22)20(27-19(11)25)12-4-1-9(23)7-15(12)26-16-8-10(24)2-5-13(16)20/h1-8,23-24H,21-22H2. The number of phenolic OH excluding ortho intramolecular Hbond substituents is 2. The van der Waals surface area contributed by atoms with E-state index in [9.17, 15) is 15.0 Å². The molecule has 0 fully saturated rings. The lowest BCUT2D eigenvalue weighted by Crippen LogP contribution is -2.33. The fourth-order valence-electron chi connectivity index (χ4n) is 3.85. The number of hydrogen-bond acceptors (Lipinski definition) is 7. The molecule has 5 rings (SSSR count). The Morgan fingerprint density at radius 2 is 1.44 bits per heavy atom. The van der Waals surface area contributed by atoms with E-state index in [1.807, 2.05) is 0 Å². The first-order valence-electron chi connectivity index (χ1n) is 8.18. The monoisotopic (exact) mass is 362 g/mol. The third-order valence-electron chi connectivity index (χ3n) is 5.01. The summed E-state index contributed by atoms with van der Waals surface area (Å²) in [5.41, 5.74) is 13.2. The van der Waals surface area contributed by atoms with Crippen LogP contribution in [-0.4, -0.2) is 16.2 Å². The summed E-state index contributed by atoms with van der Waals surface area (Å²) in [5, 5.41) is 19.8. The van der Waals surface area contributed by atoms with E-state index in [1.165, 1.54) is 24.3 Å². The number of nitrogens with two attached hydrogens (primary N) is 2. The largest absolute Gasteiger partial charge is 0.508 e. The van der Waals surface area contributed by atoms with Crippen molar-refractivity contribution in [2.24, 2.45) is 0 Å². The van der Waals surface area contributed by atoms with Gasteiger partial charge in [-0.25, -0.2) is 4.79 Å². The molecule has 0 aliphatic carbocycles. The molecule has 0 aromatic heterocycles. The van der Waals surface area contributed by atoms with Crippen LogP contribution in [0.1, 0.15) is 27.0 Å². The molecule has 3 aromatic rings. The molecular weight excluding hydrogens is 348 g/mol. The average Bonchev–Trinajstić information content (AvgIpc) is 2.91. The number of nitrogen functional groups attached to an aromatic ring is 2. The minimum atomic E-state index is -1.39. The number of phenols is 2. The molecule has 1 spiro atoms. The van der Waals surface area contributed by atoms with Crippen LogP contribution in [0.5, 0.6) is 23.0 Å². The van der Waals surface area contributed by atoms with Gasteiger partial charge in [-0.1, -0.05) is 0 Å². The van der Waals surface area contributed by atoms with E-state index in [0.717, 1.165) is 0 Å². The molecule has 2 aliphatic heterocycles. The van der Waals surface area contributed by atoms with Crippen molar-refractivity contribution in [1.29, 1.82) is 0 Å². The van der Waals surface area contributed by atoms with Crippen LogP contribution >= 0.6 is 0 Å². The lowest BCUT2D eigenvalue weighted by molar-refractivity contribution is 0.0226. The summed E-state index contributed by atoms with van der Waals surface area (Å²) < 4.78 is 11.8. The minimum absolute atomic E-state index is 0.0161. The molecule has 7 heteroatoms. The van der Waals surface area contributed by atoms with Crippen molar-refractivity contribution < 1.29 is 24.5 Å². The van der Waals surface area contributed by atoms with Gasteiger partial charge in [0.25, 0.3) is 0 Å². The predicted molar refractivity (Wildman–Crippen MR) is 96.9 cm³/mol. The average molecular weight is 362 g/mol. The Morgan fingerprint density at radius 1 is 0.852 bits per heavy atom. The second-order valence-corrected chi connectivity index (χ2v) is 6.52. The van der Waals surface area contributed by atoms with Crippen molar-refractivity contribution in [2.75, 3.05) is 11.5 Å². The van der Waals surface area contributed by atoms with Crippen molar-refractivity contribution in [1.82, 2.24) is 0 Å². The zero-order valence-corrected chi connectivity index (χ0v) is 13.9. The SMILES string of the molecule is Nc1ccc2c(c1N)C1(OC2=O)c2ccc(O)cc2Oc2cc(O)ccc21. The van der Waals surface area contributed by atoms with E-state index in [0.29, 0.717) is 27.9 Å². The zero-order chi connectivity index (χ0) is 18.9. The highest BCUT2D eigenvalue weighted by atomic mass is 16.6. The summed E-state index contributed by atoms with van der Waals surface area (Å²) in [4.78, 5) is 12.7. The molecule has 0 atom stereocenters. The fraction of sp³-hybridized carbons (Fsp3) is 0.0500. The summed E-state index contributed by atoms with van der Waals surface area (Å²) in [5.74, 6) is -0.00186. The third kappa shape index (κ3) is 1.82. The maximum Gasteiger partial charge on any atom is 0.340 e. The highest BCUT2D eigenvalue weighted by Gasteiger charge is 2.55. The van der Waals surface area contributed by atoms with E-state index in [4.69, 9.17) is 20.9 Å². The van der Waals surface area contributed by atoms with Gasteiger partial charge in [-0.15, -0.1) is 0 Å². The molecule has 134 valence electrons. The number of fused-ring (bicyclic) bond motifs is 6. The number of carbonyl (C=O) groups is 1. The van der Waals surface area contributed by atoms with Crippen LogP contribution in [-0.2, 0) is 10.3 Å². The zero-order valence-electron chi connectivity index (χ0n) is 13.9. The number of benzene rings is 3. The van der Waals surface area contributed by atoms with E-state index in [1.54, 1.807) is 24.3 Å². The second kappa shape index (κ2) is 4.85. The minimum Gasteiger partial charge on any atom is -0.508 e. The number of rotatable bonds is 0. The fourth-order valence-corrected chi connectivity index (χ4v) is 3.85. The molecule has 0 saturated heterocycles. The molecule has 6 N–H and O–H groups in total. The summed E-state index contributed by atoms with van der Waals surface area (Å²) in [6.45, 7) is 0. The van der Waals surface area contributed by atoms with Gasteiger partial charge in [-0.05, 0) is 36.4 Å². The van der Waals surface area contributed by atoms with Gasteiger partial charge in [0.1, 0.15) is 23.0 Å². The predicted octanol–water partition coefficient (Wildman–Crippen LogP) is 2.83. The van der Waals surface area contributed by atoms with Crippen LogP contribution in [0, 0.1) is 0 Å². The third-order valence-corrected chi connectivity index (χ3v) is 5.01. The van der Waals surface area contributed by atoms with Crippen LogP contribution in [0.25, 0.3) is 0 Å². The molecule has 0 bridgehead atoms. The smallest absolute Gasteiger partial charge is 0.340 e. The van der Waals surface area contributed by atoms with Gasteiger partial charge >= 0.3 is 5.97 Å². The quantitative estimate of drug-likeness (QED) is 0.357. The van der Waals surface area contributed by atoms with Gasteiger partial charge in [0.2, 0.25) is 0 Å². The first-order valence-corrected chi connectivity index (χ1v) is 8.18. The topological polar surface area (TPSA) is 128 Å². The maximum absolute atomic E-state index is 12.7. The van der Waals surface area contributed by atoms with Crippen LogP contribution in [0.4, 0.5) is 11.4 Å². The second-order valence-electron chi connectivity index (χ2n) is 6.52. The Balaban J connectivity index is 1.95. The molecule has 0 saturated carbocycles. The molecular formula is C20H14N2O5. The Bertz CT molecular complexity index is 1100. The molecule has 3 aromatic carbocycles. The van der Waals surface area contributed by atoms with Gasteiger partial charge in [0.15, 0.2) is 5.60 Å². The summed E-state index contributed by atoms with van der Waals surface area (Å²) in [7, 11) is 0. The summed E-state index contributed by atoms with van der Waals surface area (Å²) in [6, 6.07) is 12.2. The van der Waals surface area contributed by atoms with Gasteiger partial charge < -0.3 is 31.2 Å². The molecule has 2 heterocycles. The number of aromatic hydroxyl groups is 2. The van der Waals surface area contributed by atoms with E-state index < -0.39 is 11.6 Å². The Labute approximate surface area is 153 Å². The molecule has 0 radical (unpaired) electrons. The first kappa shape index (κ1) is 15.4. The van der Waals surface area contributed by atoms with Crippen molar-refractivity contribution in [3.8, 4) is 23.0 Å². The molecule has 0 unspecified atom stereocenters. The van der Waals surface area contributed by atoms with Crippen LogP contribution in [0.3, 0.4) is 0 Å². The lowest BCUT2D eigenvalue weighted by Gasteiger charge is -2.37. The lowest BCUT2D eigenvalue weighted by atomic mass is 9.76. The summed E-state index contributed by atoms with van der Waals surface area (Å²) in [6.07, 6.45) is 0. The van der Waals surface area contributed by atoms with Gasteiger partial charge in [-0.2, -0.15) is 0 Å². The van der Waals surface area contributed by atoms with E-state index in [-0.39, 0.29) is 28.7 Å². The van der Waals surface area contributed by atoms with E-state index >= 15 is 0 Å². The number of hydrogen-bond donors (Lipinski definition) is 4. The van der Waals surface area contributed by atoms with Gasteiger partial charge in [0, 0.05) is 28.8 Å². The number of carbonyl (C=O) groups excluding carboxylic acids is 1. The van der Waals surface area contributed by atoms with Gasteiger partial charge in [-0.3, -0.25) is 0 Å². The van der Waals surface area contributed by atoms with Crippen molar-refractivity contribution >= 4 is 17.3 Å². The normalized spacial score (nSPS) is 15.5. The number of ether oxygens (including phenoxy) is 2. The molecule has 0 amide bonds. The Kier molecular flexibility index (Phi) is 2.77.